The van der Waals surface area contributed by atoms with Crippen LogP contribution in [0.3, 0.4) is 0 Å². The molecule has 0 saturated heterocycles. The van der Waals surface area contributed by atoms with Gasteiger partial charge in [0.15, 0.2) is 5.25 Å². The summed E-state index contributed by atoms with van der Waals surface area (Å²) in [6.45, 7) is -0.150. The van der Waals surface area contributed by atoms with Crippen LogP contribution in [0.15, 0.2) is 53.9 Å². The Kier molecular flexibility index (Phi) is 5.19. The second-order valence-corrected chi connectivity index (χ2v) is 7.60. The Morgan fingerprint density at radius 3 is 2.72 bits per heavy atom. The molecule has 0 fully saturated rings. The van der Waals surface area contributed by atoms with Gasteiger partial charge in [-0.3, -0.25) is 0 Å². The number of carbonyl (C=O) groups is 2. The molecule has 0 radical (unpaired) electrons. The van der Waals surface area contributed by atoms with Crippen molar-refractivity contribution in [3.05, 3.63) is 76.7 Å². The van der Waals surface area contributed by atoms with E-state index in [0.717, 1.165) is 23.1 Å². The molecular weight excluding hydrogens is 398 g/mol. The number of hydrogen-bond donors (Lipinski definition) is 0. The molecule has 2 aliphatic rings. The minimum atomic E-state index is -0.612. The van der Waals surface area contributed by atoms with E-state index in [1.165, 1.54) is 23.4 Å². The lowest BCUT2D eigenvalue weighted by Crippen LogP contribution is -2.54. The highest BCUT2D eigenvalue weighted by Gasteiger charge is 2.49. The first kappa shape index (κ1) is 19.3. The van der Waals surface area contributed by atoms with Crippen molar-refractivity contribution in [2.45, 2.75) is 18.3 Å². The van der Waals surface area contributed by atoms with Crippen molar-refractivity contribution in [1.29, 1.82) is 0 Å². The maximum absolute atomic E-state index is 14.2. The summed E-state index contributed by atoms with van der Waals surface area (Å²) in [5.41, 5.74) is 1.19. The van der Waals surface area contributed by atoms with E-state index in [-0.39, 0.29) is 24.6 Å². The van der Waals surface area contributed by atoms with Crippen LogP contribution in [-0.2, 0) is 17.9 Å². The fourth-order valence-electron chi connectivity index (χ4n) is 3.40. The molecule has 3 amide bonds. The molecule has 148 valence electrons. The third kappa shape index (κ3) is 3.55. The van der Waals surface area contributed by atoms with E-state index in [1.54, 1.807) is 35.7 Å². The van der Waals surface area contributed by atoms with Crippen LogP contribution in [-0.4, -0.2) is 39.5 Å². The molecule has 0 saturated carbocycles. The number of halogens is 2. The van der Waals surface area contributed by atoms with Crippen LogP contribution in [0.1, 0.15) is 11.1 Å². The maximum atomic E-state index is 14.2. The van der Waals surface area contributed by atoms with Crippen LogP contribution in [0.2, 0.25) is 0 Å². The van der Waals surface area contributed by atoms with Gasteiger partial charge in [-0.05, 0) is 35.7 Å². The molecule has 5 nitrogen and oxygen atoms in total. The monoisotopic (exact) mass is 415 g/mol. The summed E-state index contributed by atoms with van der Waals surface area (Å²) < 4.78 is 34.4. The smallest absolute Gasteiger partial charge is 0.496 e. The first-order valence-corrected chi connectivity index (χ1v) is 9.81. The number of thioether (sulfide) groups is 1. The molecule has 0 bridgehead atoms. The average molecular weight is 415 g/mol. The highest BCUT2D eigenvalue weighted by atomic mass is 32.2. The molecule has 1 atom stereocenters. The molecule has 0 spiro atoms. The molecule has 0 N–H and O–H groups in total. The van der Waals surface area contributed by atoms with Crippen molar-refractivity contribution in [3.8, 4) is 5.75 Å². The van der Waals surface area contributed by atoms with Crippen molar-refractivity contribution in [2.75, 3.05) is 7.11 Å². The number of amides is 3. The standard InChI is InChI=1S/C21H17F2N2O3S/c1-28-18-5-3-2-4-13(18)11-25-20(26)19-17(8-9-29-19)24(21(25)27)12-14-10-15(22)6-7-16(14)23/h2-10,19H,11-12H2,1H3/q+1. The number of hydrogen-bond acceptors (Lipinski definition) is 4. The number of methoxy groups -OCH3 is 1. The number of nitrogens with zero attached hydrogens (tertiary/aromatic N) is 2. The molecule has 1 unspecified atom stereocenters. The molecule has 2 aromatic carbocycles. The van der Waals surface area contributed by atoms with E-state index in [9.17, 15) is 18.4 Å². The number of imide groups is 1. The third-order valence-electron chi connectivity index (χ3n) is 4.84. The largest absolute Gasteiger partial charge is 0.501 e. The zero-order valence-corrected chi connectivity index (χ0v) is 16.3. The van der Waals surface area contributed by atoms with Gasteiger partial charge in [0.2, 0.25) is 0 Å². The van der Waals surface area contributed by atoms with Crippen LogP contribution in [0.5, 0.6) is 5.75 Å². The van der Waals surface area contributed by atoms with Crippen molar-refractivity contribution >= 4 is 29.4 Å². The van der Waals surface area contributed by atoms with Gasteiger partial charge in [-0.2, -0.15) is 14.3 Å². The van der Waals surface area contributed by atoms with Gasteiger partial charge in [-0.15, -0.1) is 11.8 Å². The van der Waals surface area contributed by atoms with Gasteiger partial charge in [0, 0.05) is 11.1 Å². The van der Waals surface area contributed by atoms with Gasteiger partial charge in [0.1, 0.15) is 36.2 Å². The van der Waals surface area contributed by atoms with Gasteiger partial charge in [-0.25, -0.2) is 13.6 Å². The zero-order chi connectivity index (χ0) is 20.5. The van der Waals surface area contributed by atoms with Gasteiger partial charge >= 0.3 is 11.9 Å². The number of rotatable bonds is 5. The molecule has 0 aromatic heterocycles. The molecule has 0 aliphatic carbocycles. The van der Waals surface area contributed by atoms with E-state index >= 15 is 0 Å². The predicted octanol–water partition coefficient (Wildman–Crippen LogP) is 3.72. The SMILES string of the molecule is COc1ccccc1CN1C(=O)C2SC=CC2=[N+](Cc2cc(F)ccc2F)C1=O. The third-order valence-corrected chi connectivity index (χ3v) is 5.85. The van der Waals surface area contributed by atoms with Crippen molar-refractivity contribution in [2.24, 2.45) is 0 Å². The van der Waals surface area contributed by atoms with Gasteiger partial charge in [0.05, 0.1) is 7.11 Å². The highest BCUT2D eigenvalue weighted by molar-refractivity contribution is 8.04. The number of ether oxygens (including phenoxy) is 1. The van der Waals surface area contributed by atoms with Crippen LogP contribution in [0.25, 0.3) is 0 Å². The van der Waals surface area contributed by atoms with Crippen molar-refractivity contribution < 1.29 is 27.7 Å². The Morgan fingerprint density at radius 2 is 1.93 bits per heavy atom. The number of para-hydroxylation sites is 1. The second kappa shape index (κ2) is 7.79. The Hall–Kier alpha value is -3.00. The average Bonchev–Trinajstić information content (AvgIpc) is 3.21. The predicted molar refractivity (Wildman–Crippen MR) is 105 cm³/mol. The summed E-state index contributed by atoms with van der Waals surface area (Å²) in [5, 5.41) is 1.13. The molecular formula is C21H17F2N2O3S+. The Bertz CT molecular complexity index is 1070. The Morgan fingerprint density at radius 1 is 1.14 bits per heavy atom. The van der Waals surface area contributed by atoms with Gasteiger partial charge < -0.3 is 4.74 Å². The molecule has 2 heterocycles. The summed E-state index contributed by atoms with van der Waals surface area (Å²) in [6.07, 6.45) is 1.67. The maximum Gasteiger partial charge on any atom is 0.501 e. The summed E-state index contributed by atoms with van der Waals surface area (Å²) in [5.74, 6) is -0.991. The first-order valence-electron chi connectivity index (χ1n) is 8.87. The molecule has 2 aromatic rings. The van der Waals surface area contributed by atoms with Crippen LogP contribution < -0.4 is 4.74 Å². The Labute approximate surface area is 170 Å². The lowest BCUT2D eigenvalue weighted by atomic mass is 10.1. The normalized spacial score (nSPS) is 18.4. The first-order chi connectivity index (χ1) is 14.0. The fraction of sp³-hybridized carbons (Fsp3) is 0.190. The highest BCUT2D eigenvalue weighted by Crippen LogP contribution is 2.30. The number of benzene rings is 2. The molecule has 4 rings (SSSR count). The van der Waals surface area contributed by atoms with Crippen LogP contribution >= 0.6 is 11.8 Å². The van der Waals surface area contributed by atoms with Crippen LogP contribution in [0.4, 0.5) is 13.6 Å². The summed E-state index contributed by atoms with van der Waals surface area (Å²) in [4.78, 5) is 27.3. The zero-order valence-electron chi connectivity index (χ0n) is 15.5. The van der Waals surface area contributed by atoms with Crippen molar-refractivity contribution in [3.63, 3.8) is 0 Å². The molecule has 2 aliphatic heterocycles. The Balaban J connectivity index is 1.71. The fourth-order valence-corrected chi connectivity index (χ4v) is 4.36. The van der Waals surface area contributed by atoms with Gasteiger partial charge in [-0.1, -0.05) is 18.2 Å². The molecule has 29 heavy (non-hydrogen) atoms. The minimum Gasteiger partial charge on any atom is -0.496 e. The van der Waals surface area contributed by atoms with E-state index < -0.39 is 22.9 Å². The van der Waals surface area contributed by atoms with E-state index in [2.05, 4.69) is 0 Å². The summed E-state index contributed by atoms with van der Waals surface area (Å²) in [7, 11) is 1.51. The lowest BCUT2D eigenvalue weighted by molar-refractivity contribution is -0.455. The minimum absolute atomic E-state index is 0.0220. The second-order valence-electron chi connectivity index (χ2n) is 6.58. The summed E-state index contributed by atoms with van der Waals surface area (Å²) >= 11 is 1.28. The lowest BCUT2D eigenvalue weighted by Gasteiger charge is -2.25. The quantitative estimate of drug-likeness (QED) is 0.699. The number of carbonyl (C=O) groups excluding carboxylic acids is 2. The van der Waals surface area contributed by atoms with Crippen molar-refractivity contribution in [1.82, 2.24) is 4.90 Å². The summed E-state index contributed by atoms with van der Waals surface area (Å²) in [6, 6.07) is 9.64. The topological polar surface area (TPSA) is 49.6 Å². The molecule has 8 heteroatoms. The number of allylic oxidation sites excluding steroid dienone is 1. The van der Waals surface area contributed by atoms with E-state index in [1.807, 2.05) is 0 Å². The van der Waals surface area contributed by atoms with Gasteiger partial charge in [0.25, 0.3) is 0 Å². The van der Waals surface area contributed by atoms with Crippen LogP contribution in [0, 0.1) is 11.6 Å². The number of urea groups is 1. The number of fused-ring (bicyclic) bond motifs is 1. The van der Waals surface area contributed by atoms with E-state index in [0.29, 0.717) is 17.0 Å². The van der Waals surface area contributed by atoms with E-state index in [4.69, 9.17) is 4.74 Å².